The number of amides is 1. The molecule has 0 fully saturated rings. The van der Waals surface area contributed by atoms with Crippen molar-refractivity contribution >= 4 is 22.4 Å². The van der Waals surface area contributed by atoms with Gasteiger partial charge in [-0.3, -0.25) is 9.59 Å². The second kappa shape index (κ2) is 6.29. The highest BCUT2D eigenvalue weighted by Gasteiger charge is 2.14. The maximum absolute atomic E-state index is 12.6. The van der Waals surface area contributed by atoms with Crippen LogP contribution in [0, 0.1) is 6.92 Å². The summed E-state index contributed by atoms with van der Waals surface area (Å²) in [5.74, 6) is -0.362. The topological polar surface area (TPSA) is 92.7 Å². The summed E-state index contributed by atoms with van der Waals surface area (Å²) in [5, 5.41) is 8.20. The number of nitrogens with one attached hydrogen (secondary N) is 2. The van der Waals surface area contributed by atoms with E-state index in [1.807, 2.05) is 31.2 Å². The first-order valence-corrected chi connectivity index (χ1v) is 8.01. The minimum atomic E-state index is -0.362. The van der Waals surface area contributed by atoms with Gasteiger partial charge in [-0.05, 0) is 48.2 Å². The number of carbonyl (C=O) groups is 1. The van der Waals surface area contributed by atoms with E-state index in [2.05, 4.69) is 20.4 Å². The second-order valence-corrected chi connectivity index (χ2v) is 5.84. The molecule has 0 atom stereocenters. The largest absolute Gasteiger partial charge is 0.321 e. The summed E-state index contributed by atoms with van der Waals surface area (Å²) in [6.07, 6.45) is 3.05. The molecule has 2 heterocycles. The third kappa shape index (κ3) is 2.75. The maximum atomic E-state index is 12.6. The number of hydrogen-bond acceptors (Lipinski definition) is 4. The monoisotopic (exact) mass is 345 g/mol. The van der Waals surface area contributed by atoms with Crippen LogP contribution in [-0.4, -0.2) is 25.7 Å². The van der Waals surface area contributed by atoms with Crippen LogP contribution in [0.25, 0.3) is 16.5 Å². The van der Waals surface area contributed by atoms with Crippen LogP contribution in [0.4, 0.5) is 5.69 Å². The van der Waals surface area contributed by atoms with E-state index < -0.39 is 0 Å². The third-order valence-corrected chi connectivity index (χ3v) is 4.22. The average Bonchev–Trinajstić information content (AvgIpc) is 3.20. The quantitative estimate of drug-likeness (QED) is 0.597. The minimum absolute atomic E-state index is 0.258. The minimum Gasteiger partial charge on any atom is -0.321 e. The number of hydrogen-bond donors (Lipinski definition) is 2. The molecule has 7 nitrogen and oxygen atoms in total. The van der Waals surface area contributed by atoms with Gasteiger partial charge >= 0.3 is 0 Å². The molecule has 0 spiro atoms. The molecule has 2 N–H and O–H groups in total. The Bertz CT molecular complexity index is 1140. The number of fused-ring (bicyclic) bond motifs is 1. The Hall–Kier alpha value is -3.74. The lowest BCUT2D eigenvalue weighted by Crippen LogP contribution is -2.21. The van der Waals surface area contributed by atoms with E-state index in [0.29, 0.717) is 11.1 Å². The summed E-state index contributed by atoms with van der Waals surface area (Å²) in [6.45, 7) is 1.82. The van der Waals surface area contributed by atoms with Crippen molar-refractivity contribution in [2.45, 2.75) is 6.92 Å². The molecule has 2 aromatic heterocycles. The van der Waals surface area contributed by atoms with Gasteiger partial charge in [-0.2, -0.15) is 5.10 Å². The van der Waals surface area contributed by atoms with E-state index in [1.54, 1.807) is 35.3 Å². The molecule has 2 aromatic carbocycles. The highest BCUT2D eigenvalue weighted by Crippen LogP contribution is 2.18. The third-order valence-electron chi connectivity index (χ3n) is 4.22. The number of benzene rings is 2. The van der Waals surface area contributed by atoms with Gasteiger partial charge in [0.2, 0.25) is 0 Å². The fourth-order valence-corrected chi connectivity index (χ4v) is 2.88. The molecule has 0 radical (unpaired) electrons. The van der Waals surface area contributed by atoms with E-state index in [1.165, 1.54) is 6.33 Å². The van der Waals surface area contributed by atoms with Crippen LogP contribution in [-0.2, 0) is 0 Å². The maximum Gasteiger partial charge on any atom is 0.272 e. The molecule has 4 aromatic rings. The summed E-state index contributed by atoms with van der Waals surface area (Å²) in [5.41, 5.74) is 2.16. The Balaban J connectivity index is 1.63. The van der Waals surface area contributed by atoms with Gasteiger partial charge in [0.15, 0.2) is 0 Å². The molecule has 0 aliphatic carbocycles. The number of carbonyl (C=O) groups excluding carboxylic acids is 1. The molecule has 0 aliphatic rings. The van der Waals surface area contributed by atoms with Gasteiger partial charge in [-0.1, -0.05) is 18.2 Å². The Morgan fingerprint density at radius 1 is 1.08 bits per heavy atom. The SMILES string of the molecule is Cc1c(C(=O)Nc2ccc(-n3cncn3)cc2)[nH]c(=O)c2ccccc12. The summed E-state index contributed by atoms with van der Waals surface area (Å²) >= 11 is 0. The predicted molar refractivity (Wildman–Crippen MR) is 98.6 cm³/mol. The number of rotatable bonds is 3. The van der Waals surface area contributed by atoms with Crippen LogP contribution in [0.1, 0.15) is 16.1 Å². The number of anilines is 1. The van der Waals surface area contributed by atoms with Crippen molar-refractivity contribution in [3.05, 3.63) is 82.8 Å². The Kier molecular flexibility index (Phi) is 3.81. The first-order chi connectivity index (χ1) is 12.6. The molecule has 1 amide bonds. The number of pyridine rings is 1. The molecule has 0 saturated heterocycles. The van der Waals surface area contributed by atoms with Crippen molar-refractivity contribution in [1.82, 2.24) is 19.7 Å². The lowest BCUT2D eigenvalue weighted by Gasteiger charge is -2.10. The van der Waals surface area contributed by atoms with Gasteiger partial charge in [0.05, 0.1) is 5.69 Å². The molecule has 26 heavy (non-hydrogen) atoms. The summed E-state index contributed by atoms with van der Waals surface area (Å²) in [4.78, 5) is 31.5. The molecule has 0 bridgehead atoms. The first kappa shape index (κ1) is 15.8. The van der Waals surface area contributed by atoms with E-state index in [-0.39, 0.29) is 17.2 Å². The van der Waals surface area contributed by atoms with E-state index >= 15 is 0 Å². The van der Waals surface area contributed by atoms with E-state index in [9.17, 15) is 9.59 Å². The number of H-pyrrole nitrogens is 1. The van der Waals surface area contributed by atoms with Crippen molar-refractivity contribution in [2.24, 2.45) is 0 Å². The van der Waals surface area contributed by atoms with Crippen molar-refractivity contribution in [2.75, 3.05) is 5.32 Å². The van der Waals surface area contributed by atoms with Crippen molar-refractivity contribution in [1.29, 1.82) is 0 Å². The molecule has 7 heteroatoms. The van der Waals surface area contributed by atoms with Gasteiger partial charge < -0.3 is 10.3 Å². The fourth-order valence-electron chi connectivity index (χ4n) is 2.88. The Labute approximate surface area is 148 Å². The molecule has 0 aliphatic heterocycles. The zero-order valence-electron chi connectivity index (χ0n) is 13.9. The van der Waals surface area contributed by atoms with Crippen LogP contribution in [0.5, 0.6) is 0 Å². The zero-order chi connectivity index (χ0) is 18.1. The standard InChI is InChI=1S/C19H15N5O2/c1-12-15-4-2-3-5-16(15)18(25)23-17(12)19(26)22-13-6-8-14(9-7-13)24-11-20-10-21-24/h2-11H,1H3,(H,22,26)(H,23,25). The van der Waals surface area contributed by atoms with E-state index in [4.69, 9.17) is 0 Å². The molecule has 0 unspecified atom stereocenters. The smallest absolute Gasteiger partial charge is 0.272 e. The van der Waals surface area contributed by atoms with Gasteiger partial charge in [-0.15, -0.1) is 0 Å². The van der Waals surface area contributed by atoms with E-state index in [0.717, 1.165) is 16.6 Å². The Morgan fingerprint density at radius 3 is 2.50 bits per heavy atom. The van der Waals surface area contributed by atoms with Crippen molar-refractivity contribution in [3.8, 4) is 5.69 Å². The lowest BCUT2D eigenvalue weighted by molar-refractivity contribution is 0.102. The molecule has 128 valence electrons. The van der Waals surface area contributed by atoms with Crippen LogP contribution in [0.15, 0.2) is 66.0 Å². The predicted octanol–water partition coefficient (Wildman–Crippen LogP) is 2.67. The lowest BCUT2D eigenvalue weighted by atomic mass is 10.1. The molecular formula is C19H15N5O2. The van der Waals surface area contributed by atoms with Crippen LogP contribution in [0.3, 0.4) is 0 Å². The van der Waals surface area contributed by atoms with Gasteiger partial charge in [0, 0.05) is 11.1 Å². The molecule has 0 saturated carbocycles. The number of nitrogens with zero attached hydrogens (tertiary/aromatic N) is 3. The summed E-state index contributed by atoms with van der Waals surface area (Å²) in [7, 11) is 0. The normalized spacial score (nSPS) is 10.8. The van der Waals surface area contributed by atoms with Gasteiger partial charge in [0.1, 0.15) is 18.3 Å². The number of aryl methyl sites for hydroxylation is 1. The van der Waals surface area contributed by atoms with Crippen LogP contribution in [0.2, 0.25) is 0 Å². The van der Waals surface area contributed by atoms with Crippen LogP contribution >= 0.6 is 0 Å². The van der Waals surface area contributed by atoms with Gasteiger partial charge in [0.25, 0.3) is 11.5 Å². The second-order valence-electron chi connectivity index (χ2n) is 5.84. The number of aromatic nitrogens is 4. The molecular weight excluding hydrogens is 330 g/mol. The summed E-state index contributed by atoms with van der Waals surface area (Å²) < 4.78 is 1.62. The zero-order valence-corrected chi connectivity index (χ0v) is 13.9. The van der Waals surface area contributed by atoms with Gasteiger partial charge in [-0.25, -0.2) is 9.67 Å². The average molecular weight is 345 g/mol. The highest BCUT2D eigenvalue weighted by molar-refractivity contribution is 6.06. The molecule has 4 rings (SSSR count). The Morgan fingerprint density at radius 2 is 1.81 bits per heavy atom. The number of aromatic amines is 1. The van der Waals surface area contributed by atoms with Crippen molar-refractivity contribution in [3.63, 3.8) is 0 Å². The fraction of sp³-hybridized carbons (Fsp3) is 0.0526. The van der Waals surface area contributed by atoms with Crippen molar-refractivity contribution < 1.29 is 4.79 Å². The van der Waals surface area contributed by atoms with Crippen LogP contribution < -0.4 is 10.9 Å². The first-order valence-electron chi connectivity index (χ1n) is 8.01. The highest BCUT2D eigenvalue weighted by atomic mass is 16.2. The summed E-state index contributed by atoms with van der Waals surface area (Å²) in [6, 6.07) is 14.4.